The molecule has 0 unspecified atom stereocenters. The second-order valence-corrected chi connectivity index (χ2v) is 4.75. The molecule has 1 aliphatic rings. The molecule has 2 rings (SSSR count). The molecule has 0 spiro atoms. The topological polar surface area (TPSA) is 49.4 Å². The molecule has 118 valence electrons. The molecular formula is C13H19F3N4O. The van der Waals surface area contributed by atoms with E-state index in [0.717, 1.165) is 31.8 Å². The first-order chi connectivity index (χ1) is 9.99. The number of halogens is 3. The molecule has 8 heteroatoms. The van der Waals surface area contributed by atoms with Gasteiger partial charge in [0.1, 0.15) is 11.6 Å². The van der Waals surface area contributed by atoms with E-state index in [1.165, 1.54) is 0 Å². The van der Waals surface area contributed by atoms with Gasteiger partial charge in [0.25, 0.3) is 0 Å². The summed E-state index contributed by atoms with van der Waals surface area (Å²) in [6.07, 6.45) is -4.38. The predicted molar refractivity (Wildman–Crippen MR) is 74.5 cm³/mol. The Balaban J connectivity index is 1.95. The average Bonchev–Trinajstić information content (AvgIpc) is 2.47. The fraction of sp³-hybridized carbons (Fsp3) is 0.615. The molecule has 21 heavy (non-hydrogen) atoms. The van der Waals surface area contributed by atoms with Gasteiger partial charge in [-0.2, -0.15) is 13.2 Å². The molecule has 1 aromatic heterocycles. The van der Waals surface area contributed by atoms with E-state index in [0.29, 0.717) is 19.8 Å². The Hall–Kier alpha value is -1.54. The molecule has 1 saturated heterocycles. The van der Waals surface area contributed by atoms with Crippen LogP contribution in [0.15, 0.2) is 12.1 Å². The number of rotatable bonds is 5. The van der Waals surface area contributed by atoms with Crippen molar-refractivity contribution in [2.75, 3.05) is 57.1 Å². The van der Waals surface area contributed by atoms with Crippen molar-refractivity contribution in [2.45, 2.75) is 6.18 Å². The molecular weight excluding hydrogens is 285 g/mol. The first-order valence-electron chi connectivity index (χ1n) is 6.80. The zero-order chi connectivity index (χ0) is 15.3. The quantitative estimate of drug-likeness (QED) is 0.870. The highest BCUT2D eigenvalue weighted by molar-refractivity contribution is 5.49. The zero-order valence-corrected chi connectivity index (χ0v) is 11.8. The minimum absolute atomic E-state index is 0.193. The highest BCUT2D eigenvalue weighted by atomic mass is 19.4. The van der Waals surface area contributed by atoms with E-state index in [1.807, 2.05) is 0 Å². The summed E-state index contributed by atoms with van der Waals surface area (Å²) in [7, 11) is 1.54. The summed E-state index contributed by atoms with van der Waals surface area (Å²) in [6.45, 7) is 4.38. The molecule has 2 N–H and O–H groups in total. The van der Waals surface area contributed by atoms with E-state index in [2.05, 4.69) is 20.5 Å². The maximum Gasteiger partial charge on any atom is 0.416 e. The molecule has 0 aromatic carbocycles. The lowest BCUT2D eigenvalue weighted by atomic mass is 10.2. The molecule has 2 heterocycles. The van der Waals surface area contributed by atoms with E-state index < -0.39 is 11.7 Å². The number of hydrogen-bond acceptors (Lipinski definition) is 5. The standard InChI is InChI=1S/C13H19F3N4O/c1-17-11-8-10(13(14,15)16)9-12(19-11)18-2-3-20-4-6-21-7-5-20/h8-9H,2-7H2,1H3,(H2,17,18,19). The van der Waals surface area contributed by atoms with Crippen LogP contribution in [0.5, 0.6) is 0 Å². The molecule has 1 aliphatic heterocycles. The third-order valence-electron chi connectivity index (χ3n) is 3.25. The number of pyridine rings is 1. The summed E-state index contributed by atoms with van der Waals surface area (Å²) < 4.78 is 43.6. The third kappa shape index (κ3) is 4.75. The first kappa shape index (κ1) is 15.8. The van der Waals surface area contributed by atoms with Crippen LogP contribution in [0.2, 0.25) is 0 Å². The number of nitrogens with one attached hydrogen (secondary N) is 2. The lowest BCUT2D eigenvalue weighted by molar-refractivity contribution is -0.137. The SMILES string of the molecule is CNc1cc(C(F)(F)F)cc(NCCN2CCOCC2)n1. The minimum Gasteiger partial charge on any atom is -0.379 e. The van der Waals surface area contributed by atoms with E-state index in [9.17, 15) is 13.2 Å². The largest absolute Gasteiger partial charge is 0.416 e. The number of morpholine rings is 1. The molecule has 0 atom stereocenters. The van der Waals surface area contributed by atoms with Crippen LogP contribution in [0.1, 0.15) is 5.56 Å². The van der Waals surface area contributed by atoms with Gasteiger partial charge in [0.2, 0.25) is 0 Å². The van der Waals surface area contributed by atoms with Crippen molar-refractivity contribution in [3.63, 3.8) is 0 Å². The normalized spacial score (nSPS) is 16.8. The van der Waals surface area contributed by atoms with Crippen LogP contribution in [0, 0.1) is 0 Å². The van der Waals surface area contributed by atoms with Gasteiger partial charge >= 0.3 is 6.18 Å². The summed E-state index contributed by atoms with van der Waals surface area (Å²) in [4.78, 5) is 6.28. The fourth-order valence-corrected chi connectivity index (χ4v) is 2.08. The lowest BCUT2D eigenvalue weighted by Crippen LogP contribution is -2.39. The van der Waals surface area contributed by atoms with Crippen molar-refractivity contribution in [1.82, 2.24) is 9.88 Å². The second kappa shape index (κ2) is 6.95. The average molecular weight is 304 g/mol. The van der Waals surface area contributed by atoms with Crippen molar-refractivity contribution in [2.24, 2.45) is 0 Å². The molecule has 0 radical (unpaired) electrons. The highest BCUT2D eigenvalue weighted by Gasteiger charge is 2.31. The van der Waals surface area contributed by atoms with Crippen LogP contribution in [0.4, 0.5) is 24.8 Å². The van der Waals surface area contributed by atoms with Crippen LogP contribution in [-0.2, 0) is 10.9 Å². The third-order valence-corrected chi connectivity index (χ3v) is 3.25. The van der Waals surface area contributed by atoms with E-state index >= 15 is 0 Å². The summed E-state index contributed by atoms with van der Waals surface area (Å²) >= 11 is 0. The molecule has 0 saturated carbocycles. The zero-order valence-electron chi connectivity index (χ0n) is 11.8. The Kier molecular flexibility index (Phi) is 5.24. The lowest BCUT2D eigenvalue weighted by Gasteiger charge is -2.26. The van der Waals surface area contributed by atoms with E-state index in [-0.39, 0.29) is 11.6 Å². The number of anilines is 2. The van der Waals surface area contributed by atoms with Gasteiger partial charge < -0.3 is 15.4 Å². The van der Waals surface area contributed by atoms with Crippen LogP contribution >= 0.6 is 0 Å². The number of nitrogens with zero attached hydrogens (tertiary/aromatic N) is 2. The summed E-state index contributed by atoms with van der Waals surface area (Å²) in [5.74, 6) is 0.418. The maximum atomic E-state index is 12.8. The Morgan fingerprint density at radius 1 is 1.24 bits per heavy atom. The van der Waals surface area contributed by atoms with Gasteiger partial charge in [0.05, 0.1) is 18.8 Å². The Morgan fingerprint density at radius 2 is 1.90 bits per heavy atom. The number of hydrogen-bond donors (Lipinski definition) is 2. The Bertz CT molecular complexity index is 461. The molecule has 0 amide bonds. The molecule has 5 nitrogen and oxygen atoms in total. The van der Waals surface area contributed by atoms with Crippen LogP contribution in [-0.4, -0.2) is 56.3 Å². The first-order valence-corrected chi connectivity index (χ1v) is 6.80. The summed E-state index contributed by atoms with van der Waals surface area (Å²) in [5, 5.41) is 5.59. The Labute approximate surface area is 121 Å². The summed E-state index contributed by atoms with van der Waals surface area (Å²) in [5.41, 5.74) is -0.712. The molecule has 1 aromatic rings. The number of ether oxygens (including phenoxy) is 1. The van der Waals surface area contributed by atoms with Gasteiger partial charge in [-0.15, -0.1) is 0 Å². The predicted octanol–water partition coefficient (Wildman–Crippen LogP) is 1.89. The van der Waals surface area contributed by atoms with Crippen LogP contribution in [0.3, 0.4) is 0 Å². The molecule has 1 fully saturated rings. The van der Waals surface area contributed by atoms with Crippen molar-refractivity contribution in [1.29, 1.82) is 0 Å². The van der Waals surface area contributed by atoms with Crippen LogP contribution in [0.25, 0.3) is 0 Å². The monoisotopic (exact) mass is 304 g/mol. The highest BCUT2D eigenvalue weighted by Crippen LogP contribution is 2.31. The maximum absolute atomic E-state index is 12.8. The van der Waals surface area contributed by atoms with Gasteiger partial charge in [-0.05, 0) is 12.1 Å². The molecule has 0 aliphatic carbocycles. The van der Waals surface area contributed by atoms with Gasteiger partial charge in [0.15, 0.2) is 0 Å². The van der Waals surface area contributed by atoms with E-state index in [1.54, 1.807) is 7.05 Å². The van der Waals surface area contributed by atoms with Gasteiger partial charge in [0, 0.05) is 33.2 Å². The van der Waals surface area contributed by atoms with Crippen molar-refractivity contribution >= 4 is 11.6 Å². The van der Waals surface area contributed by atoms with Gasteiger partial charge in [-0.1, -0.05) is 0 Å². The Morgan fingerprint density at radius 3 is 2.52 bits per heavy atom. The fourth-order valence-electron chi connectivity index (χ4n) is 2.08. The number of alkyl halides is 3. The second-order valence-electron chi connectivity index (χ2n) is 4.75. The van der Waals surface area contributed by atoms with Gasteiger partial charge in [-0.25, -0.2) is 4.98 Å². The van der Waals surface area contributed by atoms with Crippen molar-refractivity contribution in [3.05, 3.63) is 17.7 Å². The summed E-state index contributed by atoms with van der Waals surface area (Å²) in [6, 6.07) is 2.02. The number of aromatic nitrogens is 1. The smallest absolute Gasteiger partial charge is 0.379 e. The van der Waals surface area contributed by atoms with Crippen molar-refractivity contribution < 1.29 is 17.9 Å². The van der Waals surface area contributed by atoms with Crippen LogP contribution < -0.4 is 10.6 Å². The van der Waals surface area contributed by atoms with Crippen molar-refractivity contribution in [3.8, 4) is 0 Å². The molecule has 0 bridgehead atoms. The van der Waals surface area contributed by atoms with E-state index in [4.69, 9.17) is 4.74 Å². The van der Waals surface area contributed by atoms with Gasteiger partial charge in [-0.3, -0.25) is 4.90 Å². The minimum atomic E-state index is -4.38.